The molecular formula is C22H20N4O. The van der Waals surface area contributed by atoms with Crippen LogP contribution in [0.3, 0.4) is 0 Å². The minimum atomic E-state index is 0.0498. The fourth-order valence-electron chi connectivity index (χ4n) is 2.99. The molecule has 0 aliphatic rings. The van der Waals surface area contributed by atoms with E-state index in [0.29, 0.717) is 23.1 Å². The van der Waals surface area contributed by atoms with Crippen molar-refractivity contribution in [3.63, 3.8) is 0 Å². The molecule has 134 valence electrons. The van der Waals surface area contributed by atoms with Gasteiger partial charge < -0.3 is 15.8 Å². The van der Waals surface area contributed by atoms with Crippen LogP contribution in [0.1, 0.15) is 18.5 Å². The minimum absolute atomic E-state index is 0.0498. The number of rotatable bonds is 5. The molecule has 0 aliphatic heterocycles. The Labute approximate surface area is 157 Å². The summed E-state index contributed by atoms with van der Waals surface area (Å²) in [4.78, 5) is 8.50. The monoisotopic (exact) mass is 356 g/mol. The quantitative estimate of drug-likeness (QED) is 0.515. The molecule has 0 amide bonds. The van der Waals surface area contributed by atoms with Gasteiger partial charge in [-0.05, 0) is 23.9 Å². The topological polar surface area (TPSA) is 73.1 Å². The summed E-state index contributed by atoms with van der Waals surface area (Å²) in [6.07, 6.45) is 1.46. The third-order valence-corrected chi connectivity index (χ3v) is 4.46. The Hall–Kier alpha value is -3.60. The van der Waals surface area contributed by atoms with E-state index in [1.165, 1.54) is 6.33 Å². The first-order valence-corrected chi connectivity index (χ1v) is 8.80. The van der Waals surface area contributed by atoms with Crippen LogP contribution in [0, 0.1) is 0 Å². The molecule has 0 saturated heterocycles. The van der Waals surface area contributed by atoms with Gasteiger partial charge in [0.05, 0.1) is 6.04 Å². The number of nitrogens with two attached hydrogens (primary N) is 1. The molecule has 1 aromatic heterocycles. The first-order chi connectivity index (χ1) is 13.2. The summed E-state index contributed by atoms with van der Waals surface area (Å²) in [5.41, 5.74) is 7.82. The molecule has 3 N–H and O–H groups in total. The molecule has 5 nitrogen and oxygen atoms in total. The SMILES string of the molecule is CC(Nc1ncnc(Oc2cccc3ccccc23)c1N)c1ccccc1. The van der Waals surface area contributed by atoms with Crippen molar-refractivity contribution in [1.82, 2.24) is 9.97 Å². The number of ether oxygens (including phenoxy) is 1. The molecule has 4 rings (SSSR count). The summed E-state index contributed by atoms with van der Waals surface area (Å²) in [5.74, 6) is 1.60. The number of nitrogen functional groups attached to an aromatic ring is 1. The van der Waals surface area contributed by atoms with Crippen LogP contribution >= 0.6 is 0 Å². The van der Waals surface area contributed by atoms with E-state index in [9.17, 15) is 0 Å². The Morgan fingerprint density at radius 3 is 2.48 bits per heavy atom. The second-order valence-electron chi connectivity index (χ2n) is 6.30. The molecule has 1 atom stereocenters. The van der Waals surface area contributed by atoms with Crippen molar-refractivity contribution in [3.05, 3.63) is 84.7 Å². The number of hydrogen-bond donors (Lipinski definition) is 2. The van der Waals surface area contributed by atoms with Gasteiger partial charge in [0.25, 0.3) is 0 Å². The Morgan fingerprint density at radius 2 is 1.63 bits per heavy atom. The van der Waals surface area contributed by atoms with E-state index in [0.717, 1.165) is 16.3 Å². The van der Waals surface area contributed by atoms with Crippen molar-refractivity contribution in [1.29, 1.82) is 0 Å². The normalized spacial score (nSPS) is 11.9. The third-order valence-electron chi connectivity index (χ3n) is 4.46. The molecular weight excluding hydrogens is 336 g/mol. The lowest BCUT2D eigenvalue weighted by atomic mass is 10.1. The van der Waals surface area contributed by atoms with Gasteiger partial charge in [0.1, 0.15) is 17.8 Å². The van der Waals surface area contributed by atoms with Gasteiger partial charge in [0.2, 0.25) is 5.88 Å². The zero-order valence-corrected chi connectivity index (χ0v) is 15.0. The zero-order chi connectivity index (χ0) is 18.6. The summed E-state index contributed by atoms with van der Waals surface area (Å²) in [6, 6.07) is 24.1. The molecule has 0 aliphatic carbocycles. The van der Waals surface area contributed by atoms with Crippen molar-refractivity contribution in [2.75, 3.05) is 11.1 Å². The van der Waals surface area contributed by atoms with Crippen LogP contribution in [0.5, 0.6) is 11.6 Å². The minimum Gasteiger partial charge on any atom is -0.436 e. The van der Waals surface area contributed by atoms with Crippen molar-refractivity contribution in [3.8, 4) is 11.6 Å². The van der Waals surface area contributed by atoms with Gasteiger partial charge in [0, 0.05) is 5.39 Å². The van der Waals surface area contributed by atoms with Gasteiger partial charge in [0.15, 0.2) is 5.82 Å². The lowest BCUT2D eigenvalue weighted by molar-refractivity contribution is 0.469. The molecule has 0 bridgehead atoms. The maximum Gasteiger partial charge on any atom is 0.248 e. The van der Waals surface area contributed by atoms with Gasteiger partial charge in [-0.15, -0.1) is 0 Å². The Balaban J connectivity index is 1.62. The van der Waals surface area contributed by atoms with Gasteiger partial charge >= 0.3 is 0 Å². The van der Waals surface area contributed by atoms with Crippen molar-refractivity contribution in [2.45, 2.75) is 13.0 Å². The number of hydrogen-bond acceptors (Lipinski definition) is 5. The van der Waals surface area contributed by atoms with Gasteiger partial charge in [-0.1, -0.05) is 66.7 Å². The Bertz CT molecular complexity index is 1060. The molecule has 3 aromatic carbocycles. The van der Waals surface area contributed by atoms with Crippen molar-refractivity contribution in [2.24, 2.45) is 0 Å². The average Bonchev–Trinajstić information content (AvgIpc) is 2.72. The number of fused-ring (bicyclic) bond motifs is 1. The van der Waals surface area contributed by atoms with Crippen LogP contribution in [0.15, 0.2) is 79.1 Å². The van der Waals surface area contributed by atoms with E-state index in [2.05, 4.69) is 34.3 Å². The second-order valence-corrected chi connectivity index (χ2v) is 6.30. The number of aromatic nitrogens is 2. The smallest absolute Gasteiger partial charge is 0.248 e. The van der Waals surface area contributed by atoms with Gasteiger partial charge in [-0.25, -0.2) is 4.98 Å². The Kier molecular flexibility index (Phi) is 4.58. The molecule has 1 unspecified atom stereocenters. The molecule has 1 heterocycles. The van der Waals surface area contributed by atoms with Crippen LogP contribution in [-0.4, -0.2) is 9.97 Å². The van der Waals surface area contributed by atoms with E-state index < -0.39 is 0 Å². The highest BCUT2D eigenvalue weighted by atomic mass is 16.5. The highest BCUT2D eigenvalue weighted by Crippen LogP contribution is 2.34. The summed E-state index contributed by atoms with van der Waals surface area (Å²) >= 11 is 0. The van der Waals surface area contributed by atoms with E-state index in [4.69, 9.17) is 10.5 Å². The van der Waals surface area contributed by atoms with E-state index in [1.54, 1.807) is 0 Å². The second kappa shape index (κ2) is 7.33. The fourth-order valence-corrected chi connectivity index (χ4v) is 2.99. The van der Waals surface area contributed by atoms with Crippen LogP contribution in [-0.2, 0) is 0 Å². The van der Waals surface area contributed by atoms with Crippen LogP contribution in [0.4, 0.5) is 11.5 Å². The summed E-state index contributed by atoms with van der Waals surface area (Å²) in [5, 5.41) is 5.43. The zero-order valence-electron chi connectivity index (χ0n) is 15.0. The standard InChI is InChI=1S/C22H20N4O/c1-15(16-8-3-2-4-9-16)26-21-20(23)22(25-14-24-21)27-19-13-7-11-17-10-5-6-12-18(17)19/h2-15H,23H2,1H3,(H,24,25,26). The van der Waals surface area contributed by atoms with E-state index in [-0.39, 0.29) is 6.04 Å². The molecule has 0 radical (unpaired) electrons. The fraction of sp³-hybridized carbons (Fsp3) is 0.0909. The highest BCUT2D eigenvalue weighted by molar-refractivity contribution is 5.88. The van der Waals surface area contributed by atoms with Gasteiger partial charge in [-0.2, -0.15) is 4.98 Å². The summed E-state index contributed by atoms with van der Waals surface area (Å²) < 4.78 is 6.03. The predicted molar refractivity (Wildman–Crippen MR) is 109 cm³/mol. The molecule has 0 fully saturated rings. The lowest BCUT2D eigenvalue weighted by Gasteiger charge is -2.17. The van der Waals surface area contributed by atoms with Crippen LogP contribution in [0.2, 0.25) is 0 Å². The maximum atomic E-state index is 6.29. The van der Waals surface area contributed by atoms with E-state index in [1.807, 2.05) is 60.7 Å². The number of benzene rings is 3. The highest BCUT2D eigenvalue weighted by Gasteiger charge is 2.14. The average molecular weight is 356 g/mol. The van der Waals surface area contributed by atoms with Crippen LogP contribution < -0.4 is 15.8 Å². The van der Waals surface area contributed by atoms with Gasteiger partial charge in [-0.3, -0.25) is 0 Å². The summed E-state index contributed by atoms with van der Waals surface area (Å²) in [6.45, 7) is 2.06. The predicted octanol–water partition coefficient (Wildman–Crippen LogP) is 5.18. The lowest BCUT2D eigenvalue weighted by Crippen LogP contribution is -2.11. The molecule has 5 heteroatoms. The number of anilines is 2. The number of nitrogens with one attached hydrogen (secondary N) is 1. The largest absolute Gasteiger partial charge is 0.436 e. The maximum absolute atomic E-state index is 6.29. The number of nitrogens with zero attached hydrogens (tertiary/aromatic N) is 2. The first-order valence-electron chi connectivity index (χ1n) is 8.80. The van der Waals surface area contributed by atoms with E-state index >= 15 is 0 Å². The summed E-state index contributed by atoms with van der Waals surface area (Å²) in [7, 11) is 0. The third kappa shape index (κ3) is 3.53. The Morgan fingerprint density at radius 1 is 0.889 bits per heavy atom. The van der Waals surface area contributed by atoms with Crippen molar-refractivity contribution >= 4 is 22.3 Å². The first kappa shape index (κ1) is 16.8. The molecule has 4 aromatic rings. The molecule has 27 heavy (non-hydrogen) atoms. The van der Waals surface area contributed by atoms with Crippen molar-refractivity contribution < 1.29 is 4.74 Å². The molecule has 0 saturated carbocycles. The molecule has 0 spiro atoms. The van der Waals surface area contributed by atoms with Crippen LogP contribution in [0.25, 0.3) is 10.8 Å².